The summed E-state index contributed by atoms with van der Waals surface area (Å²) in [5, 5.41) is 3.36. The first-order valence-corrected chi connectivity index (χ1v) is 4.67. The molecule has 0 amide bonds. The number of methoxy groups -OCH3 is 1. The second-order valence-electron chi connectivity index (χ2n) is 2.41. The molecule has 0 saturated carbocycles. The quantitative estimate of drug-likeness (QED) is 0.637. The van der Waals surface area contributed by atoms with Crippen LogP contribution in [0.15, 0.2) is 0 Å². The summed E-state index contributed by atoms with van der Waals surface area (Å²) in [7, 11) is 1.71. The standard InChI is InChI=1S/C7H14NOS/c1-6(9-2)7-5-10-4-3-8-7/h6-8H,1,3-5H2,2H3. The van der Waals surface area contributed by atoms with Crippen LogP contribution in [0.1, 0.15) is 0 Å². The molecule has 1 saturated heterocycles. The number of rotatable bonds is 2. The smallest absolute Gasteiger partial charge is 0.0733 e. The van der Waals surface area contributed by atoms with Crippen molar-refractivity contribution < 1.29 is 4.74 Å². The normalized spacial score (nSPS) is 30.0. The zero-order valence-electron chi connectivity index (χ0n) is 6.30. The van der Waals surface area contributed by atoms with Crippen LogP contribution in [0.3, 0.4) is 0 Å². The molecule has 1 aliphatic heterocycles. The Bertz CT molecular complexity index is 93.6. The lowest BCUT2D eigenvalue weighted by Gasteiger charge is -2.27. The van der Waals surface area contributed by atoms with Gasteiger partial charge in [-0.25, -0.2) is 0 Å². The molecular formula is C7H14NOS. The molecule has 1 rings (SSSR count). The molecule has 1 heterocycles. The molecule has 1 aliphatic rings. The van der Waals surface area contributed by atoms with Crippen LogP contribution in [-0.2, 0) is 4.74 Å². The van der Waals surface area contributed by atoms with E-state index in [0.717, 1.165) is 12.3 Å². The van der Waals surface area contributed by atoms with Gasteiger partial charge in [0.25, 0.3) is 0 Å². The SMILES string of the molecule is [CH2]C(OC)C1CSCCN1. The zero-order chi connectivity index (χ0) is 7.40. The molecule has 10 heavy (non-hydrogen) atoms. The third kappa shape index (κ3) is 2.15. The highest BCUT2D eigenvalue weighted by molar-refractivity contribution is 7.99. The lowest BCUT2D eigenvalue weighted by atomic mass is 10.2. The maximum atomic E-state index is 5.10. The zero-order valence-corrected chi connectivity index (χ0v) is 7.12. The Kier molecular flexibility index (Phi) is 3.52. The summed E-state index contributed by atoms with van der Waals surface area (Å²) in [4.78, 5) is 0. The van der Waals surface area contributed by atoms with Gasteiger partial charge in [0.1, 0.15) is 0 Å². The van der Waals surface area contributed by atoms with E-state index in [2.05, 4.69) is 12.2 Å². The van der Waals surface area contributed by atoms with Crippen LogP contribution in [0.25, 0.3) is 0 Å². The van der Waals surface area contributed by atoms with Gasteiger partial charge in [0, 0.05) is 31.2 Å². The van der Waals surface area contributed by atoms with E-state index in [9.17, 15) is 0 Å². The fourth-order valence-corrected chi connectivity index (χ4v) is 2.00. The molecule has 1 radical (unpaired) electrons. The van der Waals surface area contributed by atoms with Gasteiger partial charge in [-0.15, -0.1) is 0 Å². The van der Waals surface area contributed by atoms with Crippen LogP contribution < -0.4 is 5.32 Å². The second kappa shape index (κ2) is 4.21. The minimum absolute atomic E-state index is 0.104. The molecule has 0 aromatic carbocycles. The summed E-state index contributed by atoms with van der Waals surface area (Å²) < 4.78 is 5.10. The van der Waals surface area contributed by atoms with Gasteiger partial charge < -0.3 is 10.1 Å². The van der Waals surface area contributed by atoms with E-state index in [0.29, 0.717) is 6.04 Å². The fourth-order valence-electron chi connectivity index (χ4n) is 0.989. The molecule has 0 spiro atoms. The minimum Gasteiger partial charge on any atom is -0.380 e. The Morgan fingerprint density at radius 1 is 1.80 bits per heavy atom. The number of hydrogen-bond donors (Lipinski definition) is 1. The lowest BCUT2D eigenvalue weighted by Crippen LogP contribution is -2.45. The van der Waals surface area contributed by atoms with E-state index in [1.165, 1.54) is 5.75 Å². The number of nitrogens with one attached hydrogen (secondary N) is 1. The van der Waals surface area contributed by atoms with Crippen molar-refractivity contribution in [3.8, 4) is 0 Å². The van der Waals surface area contributed by atoms with E-state index < -0.39 is 0 Å². The van der Waals surface area contributed by atoms with Gasteiger partial charge in [0.2, 0.25) is 0 Å². The number of ether oxygens (including phenoxy) is 1. The third-order valence-corrected chi connectivity index (χ3v) is 2.79. The molecule has 0 bridgehead atoms. The van der Waals surface area contributed by atoms with Crippen molar-refractivity contribution in [1.29, 1.82) is 0 Å². The predicted molar refractivity (Wildman–Crippen MR) is 45.3 cm³/mol. The summed E-state index contributed by atoms with van der Waals surface area (Å²) in [5.41, 5.74) is 0. The summed E-state index contributed by atoms with van der Waals surface area (Å²) >= 11 is 1.96. The molecule has 1 N–H and O–H groups in total. The van der Waals surface area contributed by atoms with Crippen LogP contribution in [0.4, 0.5) is 0 Å². The second-order valence-corrected chi connectivity index (χ2v) is 3.56. The summed E-state index contributed by atoms with van der Waals surface area (Å²) in [6.45, 7) is 4.97. The van der Waals surface area contributed by atoms with E-state index in [4.69, 9.17) is 4.74 Å². The Morgan fingerprint density at radius 3 is 3.10 bits per heavy atom. The summed E-state index contributed by atoms with van der Waals surface area (Å²) in [6, 6.07) is 0.448. The van der Waals surface area contributed by atoms with Crippen LogP contribution >= 0.6 is 11.8 Å². The summed E-state index contributed by atoms with van der Waals surface area (Å²) in [6.07, 6.45) is 0.104. The van der Waals surface area contributed by atoms with Crippen LogP contribution in [-0.4, -0.2) is 37.3 Å². The number of hydrogen-bond acceptors (Lipinski definition) is 3. The van der Waals surface area contributed by atoms with Gasteiger partial charge in [-0.1, -0.05) is 0 Å². The Balaban J connectivity index is 2.24. The van der Waals surface area contributed by atoms with Crippen LogP contribution in [0.5, 0.6) is 0 Å². The molecule has 0 aliphatic carbocycles. The van der Waals surface area contributed by atoms with Crippen LogP contribution in [0, 0.1) is 6.92 Å². The largest absolute Gasteiger partial charge is 0.380 e. The Labute approximate surface area is 66.7 Å². The first-order chi connectivity index (χ1) is 4.84. The topological polar surface area (TPSA) is 21.3 Å². The van der Waals surface area contributed by atoms with E-state index in [1.807, 2.05) is 11.8 Å². The van der Waals surface area contributed by atoms with E-state index >= 15 is 0 Å². The lowest BCUT2D eigenvalue weighted by molar-refractivity contribution is 0.110. The average Bonchev–Trinajstić information content (AvgIpc) is 2.05. The van der Waals surface area contributed by atoms with Gasteiger partial charge in [-0.3, -0.25) is 0 Å². The van der Waals surface area contributed by atoms with E-state index in [-0.39, 0.29) is 6.10 Å². The molecule has 2 unspecified atom stereocenters. The maximum absolute atomic E-state index is 5.10. The van der Waals surface area contributed by atoms with Crippen LogP contribution in [0.2, 0.25) is 0 Å². The van der Waals surface area contributed by atoms with Gasteiger partial charge in [-0.2, -0.15) is 11.8 Å². The van der Waals surface area contributed by atoms with Gasteiger partial charge in [-0.05, 0) is 6.92 Å². The minimum atomic E-state index is 0.104. The number of thioether (sulfide) groups is 1. The molecular weight excluding hydrogens is 146 g/mol. The highest BCUT2D eigenvalue weighted by atomic mass is 32.2. The molecule has 2 nitrogen and oxygen atoms in total. The van der Waals surface area contributed by atoms with Gasteiger partial charge in [0.15, 0.2) is 0 Å². The van der Waals surface area contributed by atoms with Crippen molar-refractivity contribution in [2.45, 2.75) is 12.1 Å². The Hall–Kier alpha value is 0.270. The van der Waals surface area contributed by atoms with Crippen molar-refractivity contribution in [2.24, 2.45) is 0 Å². The van der Waals surface area contributed by atoms with Crippen molar-refractivity contribution in [3.63, 3.8) is 0 Å². The first-order valence-electron chi connectivity index (χ1n) is 3.51. The van der Waals surface area contributed by atoms with Gasteiger partial charge in [0.05, 0.1) is 6.10 Å². The molecule has 2 atom stereocenters. The molecule has 59 valence electrons. The van der Waals surface area contributed by atoms with Crippen molar-refractivity contribution in [3.05, 3.63) is 6.92 Å². The van der Waals surface area contributed by atoms with E-state index in [1.54, 1.807) is 7.11 Å². The molecule has 3 heteroatoms. The highest BCUT2D eigenvalue weighted by Gasteiger charge is 2.18. The molecule has 1 fully saturated rings. The highest BCUT2D eigenvalue weighted by Crippen LogP contribution is 2.11. The fraction of sp³-hybridized carbons (Fsp3) is 0.857. The monoisotopic (exact) mass is 160 g/mol. The van der Waals surface area contributed by atoms with Crippen molar-refractivity contribution in [1.82, 2.24) is 5.32 Å². The predicted octanol–water partition coefficient (Wildman–Crippen LogP) is 0.540. The van der Waals surface area contributed by atoms with Gasteiger partial charge >= 0.3 is 0 Å². The van der Waals surface area contributed by atoms with Crippen molar-refractivity contribution >= 4 is 11.8 Å². The van der Waals surface area contributed by atoms with Crippen molar-refractivity contribution in [2.75, 3.05) is 25.2 Å². The first kappa shape index (κ1) is 8.37. The molecule has 0 aromatic rings. The Morgan fingerprint density at radius 2 is 2.60 bits per heavy atom. The third-order valence-electron chi connectivity index (χ3n) is 1.70. The molecule has 0 aromatic heterocycles. The summed E-state index contributed by atoms with van der Waals surface area (Å²) in [5.74, 6) is 2.34. The average molecular weight is 160 g/mol. The maximum Gasteiger partial charge on any atom is 0.0733 e.